The highest BCUT2D eigenvalue weighted by molar-refractivity contribution is 5.76. The fraction of sp³-hybridized carbons (Fsp3) is 0.368. The molecule has 0 saturated heterocycles. The standard InChI is InChI=1S/C19H22N4O5/c1-6-27-14-9-12(10-24)7-8-13(14)28-18-20-16-15(23(18)11(2)3)17(25)22(5)19(26)21(16)4/h7-11H,6H2,1-5H3. The monoisotopic (exact) mass is 386 g/mol. The maximum absolute atomic E-state index is 12.7. The highest BCUT2D eigenvalue weighted by Gasteiger charge is 2.23. The van der Waals surface area contributed by atoms with E-state index in [0.717, 1.165) is 10.9 Å². The minimum absolute atomic E-state index is 0.156. The van der Waals surface area contributed by atoms with Crippen LogP contribution in [0, 0.1) is 0 Å². The van der Waals surface area contributed by atoms with Gasteiger partial charge in [-0.3, -0.25) is 23.3 Å². The van der Waals surface area contributed by atoms with Crippen LogP contribution in [-0.4, -0.2) is 31.6 Å². The number of aldehydes is 1. The lowest BCUT2D eigenvalue weighted by Crippen LogP contribution is -2.37. The molecule has 0 spiro atoms. The van der Waals surface area contributed by atoms with E-state index in [1.54, 1.807) is 29.8 Å². The van der Waals surface area contributed by atoms with Crippen LogP contribution in [0.2, 0.25) is 0 Å². The number of carbonyl (C=O) groups is 1. The lowest BCUT2D eigenvalue weighted by atomic mass is 10.2. The third-order valence-electron chi connectivity index (χ3n) is 4.38. The molecular formula is C19H22N4O5. The van der Waals surface area contributed by atoms with E-state index in [1.807, 2.05) is 20.8 Å². The van der Waals surface area contributed by atoms with Crippen molar-refractivity contribution < 1.29 is 14.3 Å². The van der Waals surface area contributed by atoms with Crippen LogP contribution in [0.5, 0.6) is 17.5 Å². The number of rotatable bonds is 6. The molecule has 0 aliphatic heterocycles. The van der Waals surface area contributed by atoms with Crippen LogP contribution >= 0.6 is 0 Å². The Labute approximate surface area is 160 Å². The van der Waals surface area contributed by atoms with Crippen molar-refractivity contribution in [2.24, 2.45) is 14.1 Å². The number of fused-ring (bicyclic) bond motifs is 1. The summed E-state index contributed by atoms with van der Waals surface area (Å²) in [6, 6.07) is 4.78. The van der Waals surface area contributed by atoms with E-state index in [0.29, 0.717) is 23.7 Å². The van der Waals surface area contributed by atoms with Crippen LogP contribution in [0.3, 0.4) is 0 Å². The molecule has 0 N–H and O–H groups in total. The van der Waals surface area contributed by atoms with Gasteiger partial charge in [-0.05, 0) is 39.0 Å². The molecule has 0 atom stereocenters. The summed E-state index contributed by atoms with van der Waals surface area (Å²) in [7, 11) is 2.98. The van der Waals surface area contributed by atoms with Gasteiger partial charge in [-0.15, -0.1) is 0 Å². The zero-order chi connectivity index (χ0) is 20.6. The van der Waals surface area contributed by atoms with Crippen molar-refractivity contribution >= 4 is 17.5 Å². The van der Waals surface area contributed by atoms with Gasteiger partial charge in [-0.25, -0.2) is 4.79 Å². The SMILES string of the molecule is CCOc1cc(C=O)ccc1Oc1nc2c(c(=O)n(C)c(=O)n2C)n1C(C)C. The quantitative estimate of drug-likeness (QED) is 0.601. The number of hydrogen-bond acceptors (Lipinski definition) is 6. The van der Waals surface area contributed by atoms with Gasteiger partial charge in [0, 0.05) is 25.7 Å². The molecule has 2 heterocycles. The third kappa shape index (κ3) is 3.08. The number of carbonyl (C=O) groups excluding carboxylic acids is 1. The summed E-state index contributed by atoms with van der Waals surface area (Å²) in [4.78, 5) is 40.4. The van der Waals surface area contributed by atoms with Gasteiger partial charge in [0.1, 0.15) is 6.29 Å². The van der Waals surface area contributed by atoms with Gasteiger partial charge in [0.2, 0.25) is 0 Å². The van der Waals surface area contributed by atoms with Crippen LogP contribution in [-0.2, 0) is 14.1 Å². The molecule has 0 fully saturated rings. The molecule has 0 amide bonds. The van der Waals surface area contributed by atoms with Gasteiger partial charge in [0.25, 0.3) is 5.56 Å². The molecule has 0 bridgehead atoms. The molecule has 0 unspecified atom stereocenters. The van der Waals surface area contributed by atoms with Crippen LogP contribution in [0.15, 0.2) is 27.8 Å². The molecule has 0 aliphatic rings. The van der Waals surface area contributed by atoms with E-state index in [1.165, 1.54) is 11.6 Å². The van der Waals surface area contributed by atoms with Crippen molar-refractivity contribution in [2.45, 2.75) is 26.8 Å². The first-order valence-electron chi connectivity index (χ1n) is 8.87. The van der Waals surface area contributed by atoms with Gasteiger partial charge in [-0.2, -0.15) is 4.98 Å². The summed E-state index contributed by atoms with van der Waals surface area (Å²) in [5, 5.41) is 0. The molecule has 0 radical (unpaired) electrons. The second kappa shape index (κ2) is 7.34. The highest BCUT2D eigenvalue weighted by Crippen LogP contribution is 2.34. The van der Waals surface area contributed by atoms with Gasteiger partial charge in [0.15, 0.2) is 22.7 Å². The van der Waals surface area contributed by atoms with Gasteiger partial charge >= 0.3 is 11.7 Å². The lowest BCUT2D eigenvalue weighted by Gasteiger charge is -2.15. The van der Waals surface area contributed by atoms with E-state index in [4.69, 9.17) is 9.47 Å². The summed E-state index contributed by atoms with van der Waals surface area (Å²) in [6.45, 7) is 5.98. The van der Waals surface area contributed by atoms with Gasteiger partial charge in [-0.1, -0.05) is 0 Å². The van der Waals surface area contributed by atoms with E-state index >= 15 is 0 Å². The van der Waals surface area contributed by atoms with Crippen molar-refractivity contribution in [1.82, 2.24) is 18.7 Å². The molecule has 0 saturated carbocycles. The van der Waals surface area contributed by atoms with Crippen molar-refractivity contribution in [3.05, 3.63) is 44.6 Å². The molecule has 3 aromatic rings. The maximum Gasteiger partial charge on any atom is 0.332 e. The summed E-state index contributed by atoms with van der Waals surface area (Å²) in [5.41, 5.74) is 0.0408. The number of ether oxygens (including phenoxy) is 2. The molecule has 1 aromatic carbocycles. The Kier molecular flexibility index (Phi) is 5.08. The second-order valence-corrected chi connectivity index (χ2v) is 6.60. The number of benzene rings is 1. The molecule has 9 nitrogen and oxygen atoms in total. The Bertz CT molecular complexity index is 1170. The van der Waals surface area contributed by atoms with Gasteiger partial charge in [0.05, 0.1) is 6.61 Å². The molecule has 2 aromatic heterocycles. The molecule has 0 aliphatic carbocycles. The Morgan fingerprint density at radius 3 is 2.46 bits per heavy atom. The minimum atomic E-state index is -0.470. The zero-order valence-electron chi connectivity index (χ0n) is 16.4. The predicted octanol–water partition coefficient (Wildman–Crippen LogP) is 2.02. The number of nitrogens with zero attached hydrogens (tertiary/aromatic N) is 4. The molecular weight excluding hydrogens is 364 g/mol. The van der Waals surface area contributed by atoms with Crippen LogP contribution in [0.1, 0.15) is 37.2 Å². The van der Waals surface area contributed by atoms with Gasteiger partial charge < -0.3 is 9.47 Å². The number of aryl methyl sites for hydroxylation is 1. The smallest absolute Gasteiger partial charge is 0.332 e. The summed E-state index contributed by atoms with van der Waals surface area (Å²) < 4.78 is 15.5. The maximum atomic E-state index is 12.7. The molecule has 3 rings (SSSR count). The summed E-state index contributed by atoms with van der Waals surface area (Å²) in [6.07, 6.45) is 0.717. The third-order valence-corrected chi connectivity index (χ3v) is 4.38. The molecule has 28 heavy (non-hydrogen) atoms. The fourth-order valence-corrected chi connectivity index (χ4v) is 2.99. The average Bonchev–Trinajstić information content (AvgIpc) is 3.05. The predicted molar refractivity (Wildman–Crippen MR) is 104 cm³/mol. The second-order valence-electron chi connectivity index (χ2n) is 6.60. The average molecular weight is 386 g/mol. The van der Waals surface area contributed by atoms with Crippen molar-refractivity contribution in [1.29, 1.82) is 0 Å². The van der Waals surface area contributed by atoms with Crippen molar-refractivity contribution in [3.8, 4) is 17.5 Å². The normalized spacial score (nSPS) is 11.2. The Morgan fingerprint density at radius 1 is 1.14 bits per heavy atom. The fourth-order valence-electron chi connectivity index (χ4n) is 2.99. The largest absolute Gasteiger partial charge is 0.490 e. The van der Waals surface area contributed by atoms with E-state index in [-0.39, 0.29) is 23.2 Å². The summed E-state index contributed by atoms with van der Waals surface area (Å²) in [5.74, 6) is 0.739. The minimum Gasteiger partial charge on any atom is -0.490 e. The first kappa shape index (κ1) is 19.4. The Hall–Kier alpha value is -3.36. The lowest BCUT2D eigenvalue weighted by molar-refractivity contribution is 0.112. The number of imidazole rings is 1. The number of aromatic nitrogens is 4. The molecule has 9 heteroatoms. The van der Waals surface area contributed by atoms with Crippen LogP contribution < -0.4 is 20.7 Å². The van der Waals surface area contributed by atoms with E-state index < -0.39 is 11.2 Å². The molecule has 148 valence electrons. The Balaban J connectivity index is 2.25. The zero-order valence-corrected chi connectivity index (χ0v) is 16.4. The van der Waals surface area contributed by atoms with E-state index in [2.05, 4.69) is 4.98 Å². The number of hydrogen-bond donors (Lipinski definition) is 0. The van der Waals surface area contributed by atoms with Crippen molar-refractivity contribution in [2.75, 3.05) is 6.61 Å². The topological polar surface area (TPSA) is 97.4 Å². The van der Waals surface area contributed by atoms with Crippen LogP contribution in [0.25, 0.3) is 11.2 Å². The summed E-state index contributed by atoms with van der Waals surface area (Å²) >= 11 is 0. The Morgan fingerprint density at radius 2 is 1.86 bits per heavy atom. The first-order valence-corrected chi connectivity index (χ1v) is 8.87. The highest BCUT2D eigenvalue weighted by atomic mass is 16.5. The first-order chi connectivity index (χ1) is 13.3. The van der Waals surface area contributed by atoms with Crippen molar-refractivity contribution in [3.63, 3.8) is 0 Å². The van der Waals surface area contributed by atoms with Crippen LogP contribution in [0.4, 0.5) is 0 Å². The van der Waals surface area contributed by atoms with E-state index in [9.17, 15) is 14.4 Å².